The maximum absolute atomic E-state index is 12.7. The summed E-state index contributed by atoms with van der Waals surface area (Å²) in [5.41, 5.74) is 1.13. The number of hydrogen-bond acceptors (Lipinski definition) is 5. The standard InChI is InChI=1S/C19H16Cl2N4O4S/c20-11-2-1-3-12(21)15(11)24-19(29)22-7-10-6-9-8-25(18(28)16(9)30-10)13-4-5-14(26)23-17(13)27/h1-3,6,13H,4-5,7-8H2,(H2,22,24,29)(H,23,26,27). The summed E-state index contributed by atoms with van der Waals surface area (Å²) >= 11 is 13.3. The van der Waals surface area contributed by atoms with E-state index in [2.05, 4.69) is 16.0 Å². The molecular weight excluding hydrogens is 451 g/mol. The van der Waals surface area contributed by atoms with Gasteiger partial charge in [-0.3, -0.25) is 19.7 Å². The highest BCUT2D eigenvalue weighted by Crippen LogP contribution is 2.34. The molecule has 0 aliphatic carbocycles. The van der Waals surface area contributed by atoms with Gasteiger partial charge < -0.3 is 15.5 Å². The number of thiophene rings is 1. The van der Waals surface area contributed by atoms with E-state index in [9.17, 15) is 19.2 Å². The minimum Gasteiger partial charge on any atom is -0.333 e. The van der Waals surface area contributed by atoms with Crippen molar-refractivity contribution in [1.29, 1.82) is 0 Å². The topological polar surface area (TPSA) is 108 Å². The van der Waals surface area contributed by atoms with E-state index in [1.165, 1.54) is 16.2 Å². The van der Waals surface area contributed by atoms with Gasteiger partial charge in [0.05, 0.1) is 27.2 Å². The number of fused-ring (bicyclic) bond motifs is 1. The fourth-order valence-corrected chi connectivity index (χ4v) is 4.99. The lowest BCUT2D eigenvalue weighted by Crippen LogP contribution is -2.52. The number of benzene rings is 1. The number of rotatable bonds is 4. The Morgan fingerprint density at radius 2 is 1.97 bits per heavy atom. The van der Waals surface area contributed by atoms with Gasteiger partial charge in [-0.1, -0.05) is 29.3 Å². The van der Waals surface area contributed by atoms with Gasteiger partial charge in [-0.2, -0.15) is 0 Å². The molecule has 4 rings (SSSR count). The molecule has 2 aliphatic rings. The van der Waals surface area contributed by atoms with Crippen molar-refractivity contribution in [1.82, 2.24) is 15.5 Å². The van der Waals surface area contributed by atoms with Gasteiger partial charge in [0, 0.05) is 17.8 Å². The highest BCUT2D eigenvalue weighted by molar-refractivity contribution is 7.14. The lowest BCUT2D eigenvalue weighted by atomic mass is 10.0. The van der Waals surface area contributed by atoms with Crippen LogP contribution in [0.3, 0.4) is 0 Å². The number of amides is 5. The van der Waals surface area contributed by atoms with Crippen molar-refractivity contribution < 1.29 is 19.2 Å². The molecule has 0 spiro atoms. The number of piperidine rings is 1. The van der Waals surface area contributed by atoms with Crippen molar-refractivity contribution in [3.63, 3.8) is 0 Å². The van der Waals surface area contributed by atoms with Crippen LogP contribution in [0.5, 0.6) is 0 Å². The number of hydrogen-bond donors (Lipinski definition) is 3. The molecule has 8 nitrogen and oxygen atoms in total. The monoisotopic (exact) mass is 466 g/mol. The van der Waals surface area contributed by atoms with Gasteiger partial charge >= 0.3 is 6.03 Å². The lowest BCUT2D eigenvalue weighted by molar-refractivity contribution is -0.136. The fourth-order valence-electron chi connectivity index (χ4n) is 3.43. The summed E-state index contributed by atoms with van der Waals surface area (Å²) in [5.74, 6) is -0.989. The van der Waals surface area contributed by atoms with E-state index >= 15 is 0 Å². The highest BCUT2D eigenvalue weighted by Gasteiger charge is 2.40. The maximum atomic E-state index is 12.7. The molecule has 1 atom stereocenters. The Morgan fingerprint density at radius 1 is 1.23 bits per heavy atom. The summed E-state index contributed by atoms with van der Waals surface area (Å²) < 4.78 is 0. The van der Waals surface area contributed by atoms with Crippen LogP contribution in [0.2, 0.25) is 10.0 Å². The molecule has 1 fully saturated rings. The summed E-state index contributed by atoms with van der Waals surface area (Å²) in [6.07, 6.45) is 0.540. The number of imide groups is 1. The van der Waals surface area contributed by atoms with Crippen molar-refractivity contribution in [2.24, 2.45) is 0 Å². The van der Waals surface area contributed by atoms with Crippen LogP contribution in [-0.4, -0.2) is 34.7 Å². The Labute approximate surface area is 185 Å². The van der Waals surface area contributed by atoms with Gasteiger partial charge in [0.2, 0.25) is 11.8 Å². The van der Waals surface area contributed by atoms with Crippen LogP contribution < -0.4 is 16.0 Å². The molecular formula is C19H16Cl2N4O4S. The van der Waals surface area contributed by atoms with Crippen LogP contribution in [0.1, 0.15) is 33.0 Å². The third-order valence-electron chi connectivity index (χ3n) is 4.87. The second-order valence-corrected chi connectivity index (χ2v) is 8.82. The first-order chi connectivity index (χ1) is 14.3. The predicted octanol–water partition coefficient (Wildman–Crippen LogP) is 3.14. The zero-order valence-corrected chi connectivity index (χ0v) is 17.8. The van der Waals surface area contributed by atoms with Crippen LogP contribution in [-0.2, 0) is 22.7 Å². The molecule has 11 heteroatoms. The van der Waals surface area contributed by atoms with Crippen molar-refractivity contribution in [2.45, 2.75) is 32.0 Å². The average Bonchev–Trinajstić information content (AvgIpc) is 3.22. The van der Waals surface area contributed by atoms with Crippen LogP contribution in [0.15, 0.2) is 24.3 Å². The Kier molecular flexibility index (Phi) is 5.68. The fraction of sp³-hybridized carbons (Fsp3) is 0.263. The lowest BCUT2D eigenvalue weighted by Gasteiger charge is -2.29. The molecule has 1 unspecified atom stereocenters. The normalized spacial score (nSPS) is 18.3. The number of nitrogens with zero attached hydrogens (tertiary/aromatic N) is 1. The van der Waals surface area contributed by atoms with Crippen LogP contribution in [0.25, 0.3) is 0 Å². The molecule has 2 aromatic rings. The number of carbonyl (C=O) groups excluding carboxylic acids is 4. The van der Waals surface area contributed by atoms with Crippen molar-refractivity contribution in [2.75, 3.05) is 5.32 Å². The van der Waals surface area contributed by atoms with E-state index in [0.29, 0.717) is 33.6 Å². The Balaban J connectivity index is 1.36. The average molecular weight is 467 g/mol. The van der Waals surface area contributed by atoms with E-state index < -0.39 is 18.0 Å². The number of carbonyl (C=O) groups is 4. The van der Waals surface area contributed by atoms with Gasteiger partial charge in [-0.25, -0.2) is 4.79 Å². The molecule has 0 radical (unpaired) electrons. The maximum Gasteiger partial charge on any atom is 0.319 e. The number of halogens is 2. The van der Waals surface area contributed by atoms with Crippen LogP contribution in [0, 0.1) is 0 Å². The van der Waals surface area contributed by atoms with Gasteiger partial charge in [0.15, 0.2) is 0 Å². The van der Waals surface area contributed by atoms with E-state index in [0.717, 1.165) is 10.4 Å². The first-order valence-electron chi connectivity index (χ1n) is 9.08. The number of urea groups is 1. The van der Waals surface area contributed by atoms with E-state index in [1.807, 2.05) is 6.07 Å². The first-order valence-corrected chi connectivity index (χ1v) is 10.7. The van der Waals surface area contributed by atoms with E-state index in [-0.39, 0.29) is 24.8 Å². The molecule has 2 aliphatic heterocycles. The van der Waals surface area contributed by atoms with Crippen LogP contribution in [0.4, 0.5) is 10.5 Å². The summed E-state index contributed by atoms with van der Waals surface area (Å²) in [6, 6.07) is 5.64. The number of para-hydroxylation sites is 1. The molecule has 1 aromatic carbocycles. The minimum atomic E-state index is -0.637. The van der Waals surface area contributed by atoms with E-state index in [1.54, 1.807) is 18.2 Å². The summed E-state index contributed by atoms with van der Waals surface area (Å²) in [7, 11) is 0. The largest absolute Gasteiger partial charge is 0.333 e. The van der Waals surface area contributed by atoms with E-state index in [4.69, 9.17) is 23.2 Å². The first kappa shape index (κ1) is 20.6. The Hall–Kier alpha value is -2.62. The molecule has 0 saturated carbocycles. The van der Waals surface area contributed by atoms with Gasteiger partial charge in [0.25, 0.3) is 5.91 Å². The zero-order valence-electron chi connectivity index (χ0n) is 15.5. The molecule has 0 bridgehead atoms. The Bertz CT molecular complexity index is 1050. The third-order valence-corrected chi connectivity index (χ3v) is 6.66. The minimum absolute atomic E-state index is 0.216. The molecule has 3 N–H and O–H groups in total. The highest BCUT2D eigenvalue weighted by atomic mass is 35.5. The van der Waals surface area contributed by atoms with Crippen LogP contribution >= 0.6 is 34.5 Å². The predicted molar refractivity (Wildman–Crippen MR) is 113 cm³/mol. The third kappa shape index (κ3) is 4.00. The van der Waals surface area contributed by atoms with Crippen molar-refractivity contribution in [3.05, 3.63) is 49.6 Å². The Morgan fingerprint density at radius 3 is 2.63 bits per heavy atom. The molecule has 1 saturated heterocycles. The second kappa shape index (κ2) is 8.25. The number of nitrogens with one attached hydrogen (secondary N) is 3. The SMILES string of the molecule is O=C1CCC(N2Cc3cc(CNC(=O)Nc4c(Cl)cccc4Cl)sc3C2=O)C(=O)N1. The smallest absolute Gasteiger partial charge is 0.319 e. The zero-order chi connectivity index (χ0) is 21.4. The molecule has 1 aromatic heterocycles. The molecule has 5 amide bonds. The van der Waals surface area contributed by atoms with Gasteiger partial charge in [0.1, 0.15) is 6.04 Å². The summed E-state index contributed by atoms with van der Waals surface area (Å²) in [6.45, 7) is 0.523. The van der Waals surface area contributed by atoms with Gasteiger partial charge in [-0.05, 0) is 30.2 Å². The van der Waals surface area contributed by atoms with Crippen molar-refractivity contribution >= 4 is 64.0 Å². The molecule has 30 heavy (non-hydrogen) atoms. The summed E-state index contributed by atoms with van der Waals surface area (Å²) in [5, 5.41) is 8.25. The second-order valence-electron chi connectivity index (χ2n) is 6.87. The molecule has 3 heterocycles. The summed E-state index contributed by atoms with van der Waals surface area (Å²) in [4.78, 5) is 51.1. The van der Waals surface area contributed by atoms with Gasteiger partial charge in [-0.15, -0.1) is 11.3 Å². The van der Waals surface area contributed by atoms with Crippen molar-refractivity contribution in [3.8, 4) is 0 Å². The molecule has 156 valence electrons. The quantitative estimate of drug-likeness (QED) is 0.601. The number of anilines is 1.